The van der Waals surface area contributed by atoms with Gasteiger partial charge in [0.1, 0.15) is 5.54 Å². The fourth-order valence-corrected chi connectivity index (χ4v) is 4.24. The van der Waals surface area contributed by atoms with Crippen LogP contribution < -0.4 is 11.1 Å². The molecule has 1 heterocycles. The first kappa shape index (κ1) is 14.8. The van der Waals surface area contributed by atoms with Crippen LogP contribution in [0, 0.1) is 6.92 Å². The molecule has 1 saturated heterocycles. The van der Waals surface area contributed by atoms with Gasteiger partial charge >= 0.3 is 0 Å². The molecule has 0 atom stereocenters. The highest BCUT2D eigenvalue weighted by Gasteiger charge is 2.44. The highest BCUT2D eigenvalue weighted by atomic mass is 32.2. The average molecular weight is 297 g/mol. The summed E-state index contributed by atoms with van der Waals surface area (Å²) in [6.07, 6.45) is 0. The van der Waals surface area contributed by atoms with E-state index in [-0.39, 0.29) is 17.3 Å². The number of sulfonamides is 1. The molecular weight excluding hydrogens is 278 g/mol. The predicted octanol–water partition coefficient (Wildman–Crippen LogP) is 0.476. The van der Waals surface area contributed by atoms with E-state index in [1.54, 1.807) is 32.9 Å². The number of hydrogen-bond donors (Lipinski definition) is 2. The van der Waals surface area contributed by atoms with Gasteiger partial charge in [0.15, 0.2) is 0 Å². The Morgan fingerprint density at radius 2 is 1.95 bits per heavy atom. The van der Waals surface area contributed by atoms with Gasteiger partial charge in [-0.2, -0.15) is 4.31 Å². The summed E-state index contributed by atoms with van der Waals surface area (Å²) in [5.41, 5.74) is 5.76. The van der Waals surface area contributed by atoms with Crippen LogP contribution >= 0.6 is 0 Å². The molecule has 0 unspecified atom stereocenters. The maximum atomic E-state index is 12.7. The number of nitrogens with two attached hydrogens (primary N) is 1. The quantitative estimate of drug-likeness (QED) is 0.776. The normalized spacial score (nSPS) is 19.6. The summed E-state index contributed by atoms with van der Waals surface area (Å²) in [6.45, 7) is 5.53. The number of nitrogens with zero attached hydrogens (tertiary/aromatic N) is 1. The highest BCUT2D eigenvalue weighted by molar-refractivity contribution is 7.89. The van der Waals surface area contributed by atoms with Crippen LogP contribution in [0.25, 0.3) is 0 Å². The molecule has 0 radical (unpaired) electrons. The number of piperazine rings is 1. The molecule has 0 bridgehead atoms. The molecule has 0 saturated carbocycles. The summed E-state index contributed by atoms with van der Waals surface area (Å²) in [5, 5.41) is 2.68. The molecule has 2 rings (SSSR count). The summed E-state index contributed by atoms with van der Waals surface area (Å²) in [4.78, 5) is 12.0. The van der Waals surface area contributed by atoms with Gasteiger partial charge in [-0.05, 0) is 44.5 Å². The minimum atomic E-state index is -3.76. The van der Waals surface area contributed by atoms with Gasteiger partial charge < -0.3 is 11.1 Å². The number of hydrogen-bond acceptors (Lipinski definition) is 4. The van der Waals surface area contributed by atoms with Crippen LogP contribution in [0.2, 0.25) is 0 Å². The lowest BCUT2D eigenvalue weighted by Gasteiger charge is -2.39. The molecule has 1 aromatic rings. The second kappa shape index (κ2) is 4.75. The lowest BCUT2D eigenvalue weighted by molar-refractivity contribution is -0.131. The van der Waals surface area contributed by atoms with Crippen LogP contribution in [-0.4, -0.2) is 37.3 Å². The fraction of sp³-hybridized carbons (Fsp3) is 0.462. The summed E-state index contributed by atoms with van der Waals surface area (Å²) < 4.78 is 26.7. The number of carbonyl (C=O) groups is 1. The second-order valence-electron chi connectivity index (χ2n) is 5.47. The Bertz CT molecular complexity index is 633. The van der Waals surface area contributed by atoms with E-state index < -0.39 is 15.6 Å². The number of aryl methyl sites for hydroxylation is 1. The van der Waals surface area contributed by atoms with E-state index in [4.69, 9.17) is 5.73 Å². The molecule has 1 fully saturated rings. The smallest absolute Gasteiger partial charge is 0.244 e. The summed E-state index contributed by atoms with van der Waals surface area (Å²) in [5.74, 6) is -0.298. The van der Waals surface area contributed by atoms with Crippen LogP contribution in [-0.2, 0) is 14.8 Å². The van der Waals surface area contributed by atoms with Crippen molar-refractivity contribution in [3.63, 3.8) is 0 Å². The zero-order chi connectivity index (χ0) is 15.1. The molecule has 20 heavy (non-hydrogen) atoms. The Morgan fingerprint density at radius 1 is 1.30 bits per heavy atom. The lowest BCUT2D eigenvalue weighted by atomic mass is 10.0. The second-order valence-corrected chi connectivity index (χ2v) is 7.33. The van der Waals surface area contributed by atoms with Gasteiger partial charge in [-0.1, -0.05) is 0 Å². The van der Waals surface area contributed by atoms with Gasteiger partial charge in [0.25, 0.3) is 0 Å². The highest BCUT2D eigenvalue weighted by Crippen LogP contribution is 2.28. The third-order valence-electron chi connectivity index (χ3n) is 3.44. The molecule has 6 nitrogen and oxygen atoms in total. The van der Waals surface area contributed by atoms with E-state index in [1.807, 2.05) is 0 Å². The Labute approximate surface area is 119 Å². The molecule has 110 valence electrons. The van der Waals surface area contributed by atoms with Crippen molar-refractivity contribution in [3.8, 4) is 0 Å². The zero-order valence-corrected chi connectivity index (χ0v) is 12.6. The fourth-order valence-electron chi connectivity index (χ4n) is 2.35. The van der Waals surface area contributed by atoms with E-state index >= 15 is 0 Å². The number of benzene rings is 1. The van der Waals surface area contributed by atoms with Crippen molar-refractivity contribution in [3.05, 3.63) is 23.8 Å². The first-order valence-corrected chi connectivity index (χ1v) is 7.78. The third-order valence-corrected chi connectivity index (χ3v) is 5.49. The van der Waals surface area contributed by atoms with Crippen molar-refractivity contribution in [2.75, 3.05) is 18.8 Å². The molecular formula is C13H19N3O3S. The van der Waals surface area contributed by atoms with Crippen molar-refractivity contribution < 1.29 is 13.2 Å². The zero-order valence-electron chi connectivity index (χ0n) is 11.8. The van der Waals surface area contributed by atoms with Crippen LogP contribution in [0.5, 0.6) is 0 Å². The number of anilines is 1. The number of nitrogens with one attached hydrogen (secondary N) is 1. The standard InChI is InChI=1S/C13H19N3O3S/c1-9-6-10(14)8-11(7-9)20(18,19)16-5-4-15-12(17)13(16,2)3/h6-8H,4-5,14H2,1-3H3,(H,15,17). The topological polar surface area (TPSA) is 92.5 Å². The Kier molecular flexibility index (Phi) is 3.51. The van der Waals surface area contributed by atoms with E-state index in [0.29, 0.717) is 12.2 Å². The van der Waals surface area contributed by atoms with Crippen molar-refractivity contribution in [2.45, 2.75) is 31.2 Å². The predicted molar refractivity (Wildman–Crippen MR) is 76.6 cm³/mol. The van der Waals surface area contributed by atoms with E-state index in [1.165, 1.54) is 10.4 Å². The maximum absolute atomic E-state index is 12.7. The number of amides is 1. The van der Waals surface area contributed by atoms with Crippen molar-refractivity contribution in [1.29, 1.82) is 0 Å². The van der Waals surface area contributed by atoms with Crippen molar-refractivity contribution in [2.24, 2.45) is 0 Å². The SMILES string of the molecule is Cc1cc(N)cc(S(=O)(=O)N2CCNC(=O)C2(C)C)c1. The Balaban J connectivity index is 2.51. The monoisotopic (exact) mass is 297 g/mol. The molecule has 1 amide bonds. The molecule has 3 N–H and O–H groups in total. The number of rotatable bonds is 2. The van der Waals surface area contributed by atoms with Crippen LogP contribution in [0.3, 0.4) is 0 Å². The first-order chi connectivity index (χ1) is 9.15. The van der Waals surface area contributed by atoms with Crippen molar-refractivity contribution in [1.82, 2.24) is 9.62 Å². The molecule has 1 aromatic carbocycles. The minimum absolute atomic E-state index is 0.123. The molecule has 1 aliphatic heterocycles. The van der Waals surface area contributed by atoms with Crippen molar-refractivity contribution >= 4 is 21.6 Å². The van der Waals surface area contributed by atoms with Gasteiger partial charge in [-0.25, -0.2) is 8.42 Å². The molecule has 1 aliphatic rings. The molecule has 0 aromatic heterocycles. The van der Waals surface area contributed by atoms with E-state index in [0.717, 1.165) is 5.56 Å². The molecule has 7 heteroatoms. The lowest BCUT2D eigenvalue weighted by Crippen LogP contribution is -2.63. The van der Waals surface area contributed by atoms with E-state index in [9.17, 15) is 13.2 Å². The number of carbonyl (C=O) groups excluding carboxylic acids is 1. The van der Waals surface area contributed by atoms with Crippen LogP contribution in [0.15, 0.2) is 23.1 Å². The summed E-state index contributed by atoms with van der Waals surface area (Å²) in [7, 11) is -3.76. The minimum Gasteiger partial charge on any atom is -0.399 e. The summed E-state index contributed by atoms with van der Waals surface area (Å²) in [6, 6.07) is 4.69. The van der Waals surface area contributed by atoms with E-state index in [2.05, 4.69) is 5.32 Å². The largest absolute Gasteiger partial charge is 0.399 e. The maximum Gasteiger partial charge on any atom is 0.244 e. The van der Waals surface area contributed by atoms with Gasteiger partial charge in [-0.3, -0.25) is 4.79 Å². The Morgan fingerprint density at radius 3 is 2.55 bits per heavy atom. The molecule has 0 aliphatic carbocycles. The first-order valence-electron chi connectivity index (χ1n) is 6.34. The van der Waals surface area contributed by atoms with Gasteiger partial charge in [0.05, 0.1) is 4.90 Å². The number of nitrogen functional groups attached to an aromatic ring is 1. The van der Waals surface area contributed by atoms with Crippen LogP contribution in [0.1, 0.15) is 19.4 Å². The summed E-state index contributed by atoms with van der Waals surface area (Å²) >= 11 is 0. The van der Waals surface area contributed by atoms with Gasteiger partial charge in [-0.15, -0.1) is 0 Å². The Hall–Kier alpha value is -1.60. The molecule has 0 spiro atoms. The van der Waals surface area contributed by atoms with Gasteiger partial charge in [0.2, 0.25) is 15.9 Å². The average Bonchev–Trinajstić information content (AvgIpc) is 2.31. The third kappa shape index (κ3) is 2.38. The van der Waals surface area contributed by atoms with Crippen LogP contribution in [0.4, 0.5) is 5.69 Å². The van der Waals surface area contributed by atoms with Gasteiger partial charge in [0, 0.05) is 18.8 Å².